The molecule has 0 spiro atoms. The molecule has 1 aromatic heterocycles. The molecule has 1 atom stereocenters. The second-order valence-electron chi connectivity index (χ2n) is 3.66. The van der Waals surface area contributed by atoms with E-state index in [4.69, 9.17) is 9.84 Å². The molecule has 16 heavy (non-hydrogen) atoms. The molecule has 0 aromatic carbocycles. The van der Waals surface area contributed by atoms with E-state index in [2.05, 4.69) is 0 Å². The van der Waals surface area contributed by atoms with Gasteiger partial charge >= 0.3 is 0 Å². The highest BCUT2D eigenvalue weighted by Gasteiger charge is 2.20. The normalized spacial score (nSPS) is 12.5. The number of methoxy groups -OCH3 is 1. The highest BCUT2D eigenvalue weighted by molar-refractivity contribution is 7.12. The van der Waals surface area contributed by atoms with Crippen LogP contribution in [-0.4, -0.2) is 42.7 Å². The van der Waals surface area contributed by atoms with Gasteiger partial charge in [-0.3, -0.25) is 4.79 Å². The fraction of sp³-hybridized carbons (Fsp3) is 0.545. The SMILES string of the molecule is COCc1ccsc1C(=O)N(C)C(C)CO. The predicted molar refractivity (Wildman–Crippen MR) is 63.7 cm³/mol. The monoisotopic (exact) mass is 243 g/mol. The third kappa shape index (κ3) is 2.81. The third-order valence-corrected chi connectivity index (χ3v) is 3.43. The van der Waals surface area contributed by atoms with Gasteiger partial charge in [0.25, 0.3) is 5.91 Å². The van der Waals surface area contributed by atoms with Crippen LogP contribution in [0.2, 0.25) is 0 Å². The summed E-state index contributed by atoms with van der Waals surface area (Å²) in [5.41, 5.74) is 0.898. The maximum atomic E-state index is 12.1. The molecule has 0 saturated heterocycles. The summed E-state index contributed by atoms with van der Waals surface area (Å²) in [6, 6.07) is 1.71. The van der Waals surface area contributed by atoms with E-state index >= 15 is 0 Å². The van der Waals surface area contributed by atoms with Crippen LogP contribution in [0.25, 0.3) is 0 Å². The van der Waals surface area contributed by atoms with Crippen molar-refractivity contribution < 1.29 is 14.6 Å². The Morgan fingerprint density at radius 1 is 1.69 bits per heavy atom. The molecule has 1 rings (SSSR count). The average molecular weight is 243 g/mol. The summed E-state index contributed by atoms with van der Waals surface area (Å²) in [6.45, 7) is 2.21. The highest BCUT2D eigenvalue weighted by Crippen LogP contribution is 2.20. The van der Waals surface area contributed by atoms with Gasteiger partial charge in [0.05, 0.1) is 24.1 Å². The fourth-order valence-electron chi connectivity index (χ4n) is 1.28. The molecule has 5 heteroatoms. The molecule has 4 nitrogen and oxygen atoms in total. The Morgan fingerprint density at radius 3 is 2.94 bits per heavy atom. The zero-order chi connectivity index (χ0) is 12.1. The molecule has 1 aromatic rings. The zero-order valence-corrected chi connectivity index (χ0v) is 10.6. The summed E-state index contributed by atoms with van der Waals surface area (Å²) in [6.07, 6.45) is 0. The van der Waals surface area contributed by atoms with Crippen molar-refractivity contribution in [1.29, 1.82) is 0 Å². The molecule has 0 fully saturated rings. The van der Waals surface area contributed by atoms with Gasteiger partial charge in [-0.05, 0) is 18.4 Å². The lowest BCUT2D eigenvalue weighted by atomic mass is 10.2. The Morgan fingerprint density at radius 2 is 2.38 bits per heavy atom. The van der Waals surface area contributed by atoms with Crippen LogP contribution >= 0.6 is 11.3 Å². The number of likely N-dealkylation sites (N-methyl/N-ethyl adjacent to an activating group) is 1. The maximum absolute atomic E-state index is 12.1. The first-order valence-corrected chi connectivity index (χ1v) is 5.93. The van der Waals surface area contributed by atoms with Crippen molar-refractivity contribution in [2.45, 2.75) is 19.6 Å². The fourth-order valence-corrected chi connectivity index (χ4v) is 2.17. The number of carbonyl (C=O) groups excluding carboxylic acids is 1. The van der Waals surface area contributed by atoms with Gasteiger partial charge in [0.2, 0.25) is 0 Å². The van der Waals surface area contributed by atoms with E-state index in [0.29, 0.717) is 11.5 Å². The van der Waals surface area contributed by atoms with Crippen molar-refractivity contribution in [3.05, 3.63) is 21.9 Å². The summed E-state index contributed by atoms with van der Waals surface area (Å²) in [5.74, 6) is -0.0661. The minimum atomic E-state index is -0.176. The lowest BCUT2D eigenvalue weighted by Gasteiger charge is -2.23. The molecule has 1 amide bonds. The predicted octanol–water partition coefficient (Wildman–Crippen LogP) is 1.35. The molecule has 0 aliphatic carbocycles. The van der Waals surface area contributed by atoms with Gasteiger partial charge in [-0.15, -0.1) is 11.3 Å². The average Bonchev–Trinajstić information content (AvgIpc) is 2.74. The van der Waals surface area contributed by atoms with Gasteiger partial charge in [-0.25, -0.2) is 0 Å². The van der Waals surface area contributed by atoms with E-state index < -0.39 is 0 Å². The smallest absolute Gasteiger partial charge is 0.264 e. The molecule has 1 heterocycles. The Bertz CT molecular complexity index is 351. The number of aliphatic hydroxyl groups is 1. The molecule has 0 radical (unpaired) electrons. The zero-order valence-electron chi connectivity index (χ0n) is 9.77. The van der Waals surface area contributed by atoms with E-state index in [1.54, 1.807) is 19.1 Å². The van der Waals surface area contributed by atoms with Crippen LogP contribution < -0.4 is 0 Å². The number of rotatable bonds is 5. The highest BCUT2D eigenvalue weighted by atomic mass is 32.1. The summed E-state index contributed by atoms with van der Waals surface area (Å²) in [7, 11) is 3.30. The molecule has 0 bridgehead atoms. The number of thiophene rings is 1. The van der Waals surface area contributed by atoms with E-state index in [0.717, 1.165) is 5.56 Å². The van der Waals surface area contributed by atoms with E-state index in [1.807, 2.05) is 18.4 Å². The topological polar surface area (TPSA) is 49.8 Å². The molecule has 0 saturated carbocycles. The number of aliphatic hydroxyl groups excluding tert-OH is 1. The number of hydrogen-bond donors (Lipinski definition) is 1. The van der Waals surface area contributed by atoms with Crippen LogP contribution in [0.5, 0.6) is 0 Å². The maximum Gasteiger partial charge on any atom is 0.264 e. The van der Waals surface area contributed by atoms with Crippen molar-refractivity contribution in [2.24, 2.45) is 0 Å². The third-order valence-electron chi connectivity index (χ3n) is 2.49. The minimum absolute atomic E-state index is 0.0345. The summed E-state index contributed by atoms with van der Waals surface area (Å²) in [5, 5.41) is 10.9. The van der Waals surface area contributed by atoms with Crippen molar-refractivity contribution in [1.82, 2.24) is 4.90 Å². The van der Waals surface area contributed by atoms with Crippen LogP contribution in [-0.2, 0) is 11.3 Å². The second kappa shape index (κ2) is 5.98. The Balaban J connectivity index is 2.83. The molecule has 90 valence electrons. The van der Waals surface area contributed by atoms with Crippen LogP contribution in [0.4, 0.5) is 0 Å². The van der Waals surface area contributed by atoms with Gasteiger partial charge < -0.3 is 14.7 Å². The molecule has 0 aliphatic rings. The Hall–Kier alpha value is -0.910. The standard InChI is InChI=1S/C11H17NO3S/c1-8(6-13)12(2)11(14)10-9(7-15-3)4-5-16-10/h4-5,8,13H,6-7H2,1-3H3. The van der Waals surface area contributed by atoms with Crippen molar-refractivity contribution >= 4 is 17.2 Å². The number of hydrogen-bond acceptors (Lipinski definition) is 4. The first kappa shape index (κ1) is 13.2. The number of carbonyl (C=O) groups is 1. The molecule has 1 unspecified atom stereocenters. The Labute approximate surface area is 99.5 Å². The van der Waals surface area contributed by atoms with E-state index in [1.165, 1.54) is 11.3 Å². The van der Waals surface area contributed by atoms with Crippen LogP contribution in [0, 0.1) is 0 Å². The van der Waals surface area contributed by atoms with Crippen molar-refractivity contribution in [2.75, 3.05) is 20.8 Å². The first-order valence-electron chi connectivity index (χ1n) is 5.05. The molecular formula is C11H17NO3S. The van der Waals surface area contributed by atoms with Crippen molar-refractivity contribution in [3.8, 4) is 0 Å². The second-order valence-corrected chi connectivity index (χ2v) is 4.57. The van der Waals surface area contributed by atoms with Gasteiger partial charge in [0.15, 0.2) is 0 Å². The number of ether oxygens (including phenoxy) is 1. The molecular weight excluding hydrogens is 226 g/mol. The van der Waals surface area contributed by atoms with Crippen LogP contribution in [0.3, 0.4) is 0 Å². The first-order chi connectivity index (χ1) is 7.61. The number of amides is 1. The summed E-state index contributed by atoms with van der Waals surface area (Å²) in [4.78, 5) is 14.3. The quantitative estimate of drug-likeness (QED) is 0.849. The molecule has 0 aliphatic heterocycles. The van der Waals surface area contributed by atoms with Gasteiger partial charge in [-0.1, -0.05) is 0 Å². The largest absolute Gasteiger partial charge is 0.394 e. The van der Waals surface area contributed by atoms with Crippen LogP contribution in [0.1, 0.15) is 22.2 Å². The molecule has 1 N–H and O–H groups in total. The Kier molecular flexibility index (Phi) is 4.92. The van der Waals surface area contributed by atoms with E-state index in [9.17, 15) is 4.79 Å². The van der Waals surface area contributed by atoms with Crippen LogP contribution in [0.15, 0.2) is 11.4 Å². The van der Waals surface area contributed by atoms with Gasteiger partial charge in [0, 0.05) is 19.7 Å². The lowest BCUT2D eigenvalue weighted by Crippen LogP contribution is -2.37. The van der Waals surface area contributed by atoms with Crippen molar-refractivity contribution in [3.63, 3.8) is 0 Å². The van der Waals surface area contributed by atoms with E-state index in [-0.39, 0.29) is 18.6 Å². The minimum Gasteiger partial charge on any atom is -0.394 e. The van der Waals surface area contributed by atoms with Gasteiger partial charge in [0.1, 0.15) is 0 Å². The number of nitrogens with zero attached hydrogens (tertiary/aromatic N) is 1. The summed E-state index contributed by atoms with van der Waals surface area (Å²) >= 11 is 1.40. The summed E-state index contributed by atoms with van der Waals surface area (Å²) < 4.78 is 5.03. The lowest BCUT2D eigenvalue weighted by molar-refractivity contribution is 0.0683. The van der Waals surface area contributed by atoms with Gasteiger partial charge in [-0.2, -0.15) is 0 Å².